The summed E-state index contributed by atoms with van der Waals surface area (Å²) in [6, 6.07) is -0.0258. The summed E-state index contributed by atoms with van der Waals surface area (Å²) < 4.78 is 0. The number of fused-ring (bicyclic) bond motifs is 5. The Morgan fingerprint density at radius 1 is 0.968 bits per heavy atom. The van der Waals surface area contributed by atoms with E-state index in [1.807, 2.05) is 32.7 Å². The first-order valence-corrected chi connectivity index (χ1v) is 12.3. The fourth-order valence-electron chi connectivity index (χ4n) is 8.15. The topological polar surface area (TPSA) is 78.5 Å². The van der Waals surface area contributed by atoms with Crippen LogP contribution in [0.5, 0.6) is 0 Å². The lowest BCUT2D eigenvalue weighted by atomic mass is 9.47. The van der Waals surface area contributed by atoms with Gasteiger partial charge in [-0.3, -0.25) is 14.9 Å². The van der Waals surface area contributed by atoms with E-state index in [1.165, 1.54) is 0 Å². The van der Waals surface area contributed by atoms with E-state index in [0.29, 0.717) is 36.1 Å². The van der Waals surface area contributed by atoms with Crippen molar-refractivity contribution in [2.24, 2.45) is 34.5 Å². The lowest BCUT2D eigenvalue weighted by Gasteiger charge is -2.61. The number of nitrogens with one attached hydrogen (secondary N) is 2. The average Bonchev–Trinajstić information content (AvgIpc) is 3.01. The molecule has 0 radical (unpaired) electrons. The van der Waals surface area contributed by atoms with Gasteiger partial charge < -0.3 is 10.2 Å². The smallest absolute Gasteiger partial charge is 0.321 e. The van der Waals surface area contributed by atoms with Crippen LogP contribution < -0.4 is 10.6 Å². The fraction of sp³-hybridized carbons (Fsp3) is 0.880. The maximum absolute atomic E-state index is 13.1. The molecule has 4 rings (SSSR count). The Balaban J connectivity index is 1.50. The van der Waals surface area contributed by atoms with Crippen molar-refractivity contribution in [2.75, 3.05) is 7.05 Å². The SMILES string of the molecule is CN1C(=O)CC[C@]2(C)[C@H]3CC[C@]4(C)[C@@H](C(=O)NC(=O)NC(C)(C)C)CC[C@H]4[C@@H]3CC[C@@H]12. The highest BCUT2D eigenvalue weighted by Crippen LogP contribution is 2.66. The molecule has 1 aliphatic heterocycles. The summed E-state index contributed by atoms with van der Waals surface area (Å²) in [5.74, 6) is 1.90. The van der Waals surface area contributed by atoms with Crippen LogP contribution in [-0.4, -0.2) is 41.4 Å². The Kier molecular flexibility index (Phi) is 5.45. The van der Waals surface area contributed by atoms with Gasteiger partial charge in [0.2, 0.25) is 11.8 Å². The fourth-order valence-corrected chi connectivity index (χ4v) is 8.15. The number of hydrogen-bond acceptors (Lipinski definition) is 3. The molecule has 0 aromatic rings. The number of rotatable bonds is 1. The van der Waals surface area contributed by atoms with Crippen molar-refractivity contribution >= 4 is 17.8 Å². The Hall–Kier alpha value is -1.59. The first kappa shape index (κ1) is 22.6. The minimum atomic E-state index is -0.388. The number of amides is 4. The molecular formula is C25H41N3O3. The number of hydrogen-bond donors (Lipinski definition) is 2. The second-order valence-corrected chi connectivity index (χ2v) is 12.3. The first-order chi connectivity index (χ1) is 14.4. The van der Waals surface area contributed by atoms with E-state index >= 15 is 0 Å². The van der Waals surface area contributed by atoms with Gasteiger partial charge in [-0.15, -0.1) is 0 Å². The molecule has 174 valence electrons. The molecule has 7 atom stereocenters. The molecular weight excluding hydrogens is 390 g/mol. The monoisotopic (exact) mass is 431 g/mol. The highest BCUT2D eigenvalue weighted by molar-refractivity contribution is 5.96. The molecule has 2 N–H and O–H groups in total. The van der Waals surface area contributed by atoms with Crippen LogP contribution in [0.2, 0.25) is 0 Å². The van der Waals surface area contributed by atoms with Crippen LogP contribution in [0.3, 0.4) is 0 Å². The summed E-state index contributed by atoms with van der Waals surface area (Å²) in [6.07, 6.45) is 8.02. The standard InChI is InChI=1S/C25H41N3O3/c1-23(2,3)27-22(31)26-21(30)18-9-8-16-15-7-10-19-25(5,14-12-20(29)28(19)6)17(15)11-13-24(16,18)4/h15-19H,7-14H2,1-6H3,(H2,26,27,30,31)/t15-,16-,17-,18+,19+,24-,25+/m0/s1. The highest BCUT2D eigenvalue weighted by atomic mass is 16.2. The Morgan fingerprint density at radius 3 is 2.32 bits per heavy atom. The van der Waals surface area contributed by atoms with Crippen molar-refractivity contribution < 1.29 is 14.4 Å². The minimum Gasteiger partial charge on any atom is -0.342 e. The highest BCUT2D eigenvalue weighted by Gasteiger charge is 2.62. The molecule has 6 heteroatoms. The number of likely N-dealkylation sites (tertiary alicyclic amines) is 1. The number of carbonyl (C=O) groups is 3. The third-order valence-corrected chi connectivity index (χ3v) is 9.60. The summed E-state index contributed by atoms with van der Waals surface area (Å²) in [4.78, 5) is 39.8. The average molecular weight is 432 g/mol. The number of nitrogens with zero attached hydrogens (tertiary/aromatic N) is 1. The van der Waals surface area contributed by atoms with Gasteiger partial charge in [0, 0.05) is 31.0 Å². The number of imide groups is 1. The van der Waals surface area contributed by atoms with Gasteiger partial charge in [0.05, 0.1) is 0 Å². The predicted octanol–water partition coefficient (Wildman–Crippen LogP) is 4.09. The molecule has 1 heterocycles. The molecule has 31 heavy (non-hydrogen) atoms. The third-order valence-electron chi connectivity index (χ3n) is 9.60. The van der Waals surface area contributed by atoms with Crippen LogP contribution in [0.25, 0.3) is 0 Å². The number of carbonyl (C=O) groups excluding carboxylic acids is 3. The lowest BCUT2D eigenvalue weighted by molar-refractivity contribution is -0.159. The van der Waals surface area contributed by atoms with Gasteiger partial charge in [0.25, 0.3) is 0 Å². The number of piperidine rings is 1. The van der Waals surface area contributed by atoms with E-state index < -0.39 is 0 Å². The Morgan fingerprint density at radius 2 is 1.65 bits per heavy atom. The van der Waals surface area contributed by atoms with Crippen molar-refractivity contribution in [3.8, 4) is 0 Å². The first-order valence-electron chi connectivity index (χ1n) is 12.3. The second-order valence-electron chi connectivity index (χ2n) is 12.3. The molecule has 0 unspecified atom stereocenters. The van der Waals surface area contributed by atoms with E-state index in [2.05, 4.69) is 24.5 Å². The summed E-state index contributed by atoms with van der Waals surface area (Å²) >= 11 is 0. The molecule has 0 aromatic carbocycles. The number of urea groups is 1. The molecule has 4 fully saturated rings. The molecule has 4 amide bonds. The summed E-state index contributed by atoms with van der Waals surface area (Å²) in [7, 11) is 2.00. The third kappa shape index (κ3) is 3.68. The molecule has 3 saturated carbocycles. The predicted molar refractivity (Wildman–Crippen MR) is 120 cm³/mol. The molecule has 0 bridgehead atoms. The van der Waals surface area contributed by atoms with Gasteiger partial charge in [-0.05, 0) is 94.3 Å². The van der Waals surface area contributed by atoms with Crippen molar-refractivity contribution in [3.05, 3.63) is 0 Å². The van der Waals surface area contributed by atoms with Crippen LogP contribution in [0.4, 0.5) is 4.79 Å². The van der Waals surface area contributed by atoms with Crippen LogP contribution in [0.15, 0.2) is 0 Å². The maximum atomic E-state index is 13.1. The van der Waals surface area contributed by atoms with E-state index in [1.54, 1.807) is 0 Å². The van der Waals surface area contributed by atoms with Crippen LogP contribution in [-0.2, 0) is 9.59 Å². The molecule has 4 aliphatic rings. The van der Waals surface area contributed by atoms with E-state index in [9.17, 15) is 14.4 Å². The van der Waals surface area contributed by atoms with Gasteiger partial charge in [0.1, 0.15) is 0 Å². The zero-order chi connectivity index (χ0) is 22.8. The van der Waals surface area contributed by atoms with E-state index in [-0.39, 0.29) is 34.2 Å². The van der Waals surface area contributed by atoms with Crippen LogP contribution in [0.1, 0.15) is 86.0 Å². The zero-order valence-electron chi connectivity index (χ0n) is 20.2. The summed E-state index contributed by atoms with van der Waals surface area (Å²) in [5, 5.41) is 5.48. The Bertz CT molecular complexity index is 774. The molecule has 6 nitrogen and oxygen atoms in total. The maximum Gasteiger partial charge on any atom is 0.321 e. The van der Waals surface area contributed by atoms with Crippen molar-refractivity contribution in [3.63, 3.8) is 0 Å². The van der Waals surface area contributed by atoms with E-state index in [0.717, 1.165) is 44.9 Å². The molecule has 3 aliphatic carbocycles. The van der Waals surface area contributed by atoms with E-state index in [4.69, 9.17) is 0 Å². The molecule has 0 spiro atoms. The quantitative estimate of drug-likeness (QED) is 0.656. The van der Waals surface area contributed by atoms with Crippen molar-refractivity contribution in [1.29, 1.82) is 0 Å². The van der Waals surface area contributed by atoms with Gasteiger partial charge in [-0.25, -0.2) is 4.79 Å². The van der Waals surface area contributed by atoms with Crippen molar-refractivity contribution in [1.82, 2.24) is 15.5 Å². The molecule has 1 saturated heterocycles. The van der Waals surface area contributed by atoms with Gasteiger partial charge in [-0.1, -0.05) is 13.8 Å². The Labute approximate surface area is 187 Å². The normalized spacial score (nSPS) is 42.3. The molecule has 0 aromatic heterocycles. The largest absolute Gasteiger partial charge is 0.342 e. The lowest BCUT2D eigenvalue weighted by Crippen LogP contribution is -2.61. The summed E-state index contributed by atoms with van der Waals surface area (Å²) in [6.45, 7) is 10.5. The summed E-state index contributed by atoms with van der Waals surface area (Å²) in [5.41, 5.74) is -0.208. The zero-order valence-corrected chi connectivity index (χ0v) is 20.2. The van der Waals surface area contributed by atoms with Gasteiger partial charge >= 0.3 is 6.03 Å². The van der Waals surface area contributed by atoms with Crippen LogP contribution >= 0.6 is 0 Å². The van der Waals surface area contributed by atoms with Gasteiger partial charge in [0.15, 0.2) is 0 Å². The minimum absolute atomic E-state index is 0.0349. The van der Waals surface area contributed by atoms with Crippen molar-refractivity contribution in [2.45, 2.75) is 97.6 Å². The van der Waals surface area contributed by atoms with Gasteiger partial charge in [-0.2, -0.15) is 0 Å². The van der Waals surface area contributed by atoms with Crippen LogP contribution in [0, 0.1) is 34.5 Å². The second kappa shape index (κ2) is 7.48.